The van der Waals surface area contributed by atoms with Gasteiger partial charge in [-0.3, -0.25) is 10.1 Å². The Labute approximate surface area is 197 Å². The van der Waals surface area contributed by atoms with E-state index in [1.54, 1.807) is 30.3 Å². The smallest absolute Gasteiger partial charge is 0.363 e. The second-order valence-corrected chi connectivity index (χ2v) is 7.92. The first-order valence-corrected chi connectivity index (χ1v) is 11.5. The zero-order valence-electron chi connectivity index (χ0n) is 19.3. The molecule has 0 saturated carbocycles. The number of hydrogen-bond donors (Lipinski definition) is 0. The summed E-state index contributed by atoms with van der Waals surface area (Å²) in [6.45, 7) is 6.29. The first-order chi connectivity index (χ1) is 16.5. The van der Waals surface area contributed by atoms with Gasteiger partial charge < -0.3 is 19.1 Å². The topological polar surface area (TPSA) is 104 Å². The third kappa shape index (κ3) is 5.03. The van der Waals surface area contributed by atoms with Gasteiger partial charge >= 0.3 is 5.97 Å². The van der Waals surface area contributed by atoms with E-state index >= 15 is 0 Å². The van der Waals surface area contributed by atoms with Gasteiger partial charge in [-0.1, -0.05) is 6.07 Å². The van der Waals surface area contributed by atoms with Gasteiger partial charge in [-0.2, -0.15) is 0 Å². The number of esters is 1. The summed E-state index contributed by atoms with van der Waals surface area (Å²) < 4.78 is 16.6. The highest BCUT2D eigenvalue weighted by molar-refractivity contribution is 6.13. The van der Waals surface area contributed by atoms with Gasteiger partial charge in [0.1, 0.15) is 5.69 Å². The summed E-state index contributed by atoms with van der Waals surface area (Å²) in [5.41, 5.74) is 1.76. The second kappa shape index (κ2) is 10.4. The second-order valence-electron chi connectivity index (χ2n) is 7.92. The molecule has 0 radical (unpaired) electrons. The summed E-state index contributed by atoms with van der Waals surface area (Å²) in [6, 6.07) is 10.2. The predicted molar refractivity (Wildman–Crippen MR) is 129 cm³/mol. The third-order valence-electron chi connectivity index (χ3n) is 5.61. The van der Waals surface area contributed by atoms with Gasteiger partial charge in [-0.25, -0.2) is 9.79 Å². The van der Waals surface area contributed by atoms with Crippen LogP contribution in [0, 0.1) is 10.1 Å². The van der Waals surface area contributed by atoms with Gasteiger partial charge in [0.2, 0.25) is 5.90 Å². The summed E-state index contributed by atoms with van der Waals surface area (Å²) in [6.07, 6.45) is 4.67. The van der Waals surface area contributed by atoms with Crippen LogP contribution < -0.4 is 14.4 Å². The lowest BCUT2D eigenvalue weighted by Gasteiger charge is -2.28. The molecule has 1 saturated heterocycles. The summed E-state index contributed by atoms with van der Waals surface area (Å²) in [5.74, 6) is 0.640. The van der Waals surface area contributed by atoms with Crippen LogP contribution >= 0.6 is 0 Å². The molecule has 0 unspecified atom stereocenters. The summed E-state index contributed by atoms with van der Waals surface area (Å²) in [7, 11) is 0. The number of benzene rings is 2. The van der Waals surface area contributed by atoms with Crippen molar-refractivity contribution in [3.8, 4) is 11.5 Å². The minimum Gasteiger partial charge on any atom is -0.490 e. The normalized spacial score (nSPS) is 16.9. The molecule has 2 aliphatic rings. The Kier molecular flexibility index (Phi) is 7.10. The molecule has 178 valence electrons. The van der Waals surface area contributed by atoms with E-state index in [4.69, 9.17) is 14.2 Å². The van der Waals surface area contributed by atoms with Crippen LogP contribution in [0.2, 0.25) is 0 Å². The van der Waals surface area contributed by atoms with Crippen LogP contribution in [0.4, 0.5) is 11.4 Å². The number of aliphatic imine (C=N–C) groups is 1. The average Bonchev–Trinajstić information content (AvgIpc) is 3.21. The number of carbonyl (C=O) groups is 1. The Balaban J connectivity index is 1.63. The number of ether oxygens (including phenoxy) is 3. The molecule has 0 atom stereocenters. The molecule has 4 rings (SSSR count). The van der Waals surface area contributed by atoms with Crippen molar-refractivity contribution in [3.05, 3.63) is 63.3 Å². The molecule has 2 heterocycles. The van der Waals surface area contributed by atoms with E-state index in [2.05, 4.69) is 4.99 Å². The van der Waals surface area contributed by atoms with E-state index in [9.17, 15) is 14.9 Å². The number of anilines is 1. The maximum atomic E-state index is 12.5. The molecule has 9 heteroatoms. The van der Waals surface area contributed by atoms with Crippen molar-refractivity contribution in [2.45, 2.75) is 33.1 Å². The van der Waals surface area contributed by atoms with Crippen molar-refractivity contribution in [1.82, 2.24) is 0 Å². The van der Waals surface area contributed by atoms with Crippen LogP contribution in [-0.2, 0) is 9.53 Å². The van der Waals surface area contributed by atoms with Gasteiger partial charge in [0.25, 0.3) is 5.69 Å². The minimum atomic E-state index is -0.621. The quantitative estimate of drug-likeness (QED) is 0.240. The highest BCUT2D eigenvalue weighted by Crippen LogP contribution is 2.33. The maximum Gasteiger partial charge on any atom is 0.363 e. The lowest BCUT2D eigenvalue weighted by molar-refractivity contribution is -0.384. The van der Waals surface area contributed by atoms with Crippen LogP contribution in [0.3, 0.4) is 0 Å². The largest absolute Gasteiger partial charge is 0.490 e. The van der Waals surface area contributed by atoms with Crippen molar-refractivity contribution >= 4 is 29.3 Å². The van der Waals surface area contributed by atoms with Gasteiger partial charge in [-0.05, 0) is 69.0 Å². The molecule has 0 spiro atoms. The fraction of sp³-hybridized carbons (Fsp3) is 0.360. The fourth-order valence-electron chi connectivity index (χ4n) is 4.05. The molecule has 2 aromatic carbocycles. The monoisotopic (exact) mass is 465 g/mol. The highest BCUT2D eigenvalue weighted by Gasteiger charge is 2.26. The molecule has 0 bridgehead atoms. The first kappa shape index (κ1) is 23.3. The molecule has 0 aliphatic carbocycles. The van der Waals surface area contributed by atoms with Crippen LogP contribution in [0.25, 0.3) is 6.08 Å². The first-order valence-electron chi connectivity index (χ1n) is 11.5. The van der Waals surface area contributed by atoms with E-state index in [1.807, 2.05) is 18.7 Å². The van der Waals surface area contributed by atoms with Crippen LogP contribution in [-0.4, -0.2) is 43.1 Å². The number of nitro benzene ring substituents is 1. The molecule has 0 amide bonds. The Bertz CT molecular complexity index is 1150. The molecule has 34 heavy (non-hydrogen) atoms. The standard InChI is InChI=1S/C25H27N3O6/c1-3-32-22-11-9-18(16-23(22)33-4-2)24-26-19(25(29)34-24)14-17-8-10-20(21(15-17)28(30)31)27-12-6-5-7-13-27/h8-11,14-16H,3-7,12-13H2,1-2H3/b19-14-. The van der Waals surface area contributed by atoms with Gasteiger partial charge in [0, 0.05) is 24.7 Å². The molecule has 0 aromatic heterocycles. The Morgan fingerprint density at radius 2 is 1.79 bits per heavy atom. The van der Waals surface area contributed by atoms with E-state index in [1.165, 1.54) is 12.1 Å². The average molecular weight is 466 g/mol. The molecule has 2 aliphatic heterocycles. The summed E-state index contributed by atoms with van der Waals surface area (Å²) in [4.78, 5) is 30.2. The van der Waals surface area contributed by atoms with Crippen molar-refractivity contribution in [2.75, 3.05) is 31.2 Å². The number of carbonyl (C=O) groups excluding carboxylic acids is 1. The van der Waals surface area contributed by atoms with Crippen molar-refractivity contribution < 1.29 is 23.9 Å². The van der Waals surface area contributed by atoms with Gasteiger partial charge in [0.05, 0.1) is 18.1 Å². The Hall–Kier alpha value is -3.88. The Morgan fingerprint density at radius 3 is 2.50 bits per heavy atom. The molecule has 1 fully saturated rings. The number of piperidine rings is 1. The Morgan fingerprint density at radius 1 is 1.06 bits per heavy atom. The van der Waals surface area contributed by atoms with Gasteiger partial charge in [-0.15, -0.1) is 0 Å². The van der Waals surface area contributed by atoms with Gasteiger partial charge in [0.15, 0.2) is 17.2 Å². The van der Waals surface area contributed by atoms with Crippen molar-refractivity contribution in [1.29, 1.82) is 0 Å². The maximum absolute atomic E-state index is 12.5. The summed E-state index contributed by atoms with van der Waals surface area (Å²) >= 11 is 0. The molecule has 9 nitrogen and oxygen atoms in total. The number of nitrogens with zero attached hydrogens (tertiary/aromatic N) is 3. The lowest BCUT2D eigenvalue weighted by Crippen LogP contribution is -2.29. The zero-order chi connectivity index (χ0) is 24.1. The van der Waals surface area contributed by atoms with Crippen LogP contribution in [0.15, 0.2) is 47.1 Å². The van der Waals surface area contributed by atoms with Crippen molar-refractivity contribution in [3.63, 3.8) is 0 Å². The highest BCUT2D eigenvalue weighted by atomic mass is 16.6. The predicted octanol–water partition coefficient (Wildman–Crippen LogP) is 4.73. The van der Waals surface area contributed by atoms with Crippen LogP contribution in [0.1, 0.15) is 44.2 Å². The minimum absolute atomic E-state index is 0.0136. The van der Waals surface area contributed by atoms with E-state index in [0.717, 1.165) is 32.4 Å². The number of cyclic esters (lactones) is 1. The molecular formula is C25H27N3O6. The lowest BCUT2D eigenvalue weighted by atomic mass is 10.1. The van der Waals surface area contributed by atoms with E-state index in [0.29, 0.717) is 41.5 Å². The number of rotatable bonds is 8. The van der Waals surface area contributed by atoms with Crippen LogP contribution in [0.5, 0.6) is 11.5 Å². The van der Waals surface area contributed by atoms with Crippen molar-refractivity contribution in [2.24, 2.45) is 4.99 Å². The van der Waals surface area contributed by atoms with E-state index in [-0.39, 0.29) is 22.2 Å². The third-order valence-corrected chi connectivity index (χ3v) is 5.61. The molecular weight excluding hydrogens is 438 g/mol. The molecule has 2 aromatic rings. The SMILES string of the molecule is CCOc1ccc(C2=N/C(=C\c3ccc(N4CCCCC4)c([N+](=O)[O-])c3)C(=O)O2)cc1OCC. The fourth-order valence-corrected chi connectivity index (χ4v) is 4.05. The molecule has 0 N–H and O–H groups in total. The number of nitro groups is 1. The number of hydrogen-bond acceptors (Lipinski definition) is 8. The summed E-state index contributed by atoms with van der Waals surface area (Å²) in [5, 5.41) is 11.7. The van der Waals surface area contributed by atoms with E-state index < -0.39 is 5.97 Å². The zero-order valence-corrected chi connectivity index (χ0v) is 19.3.